The Kier molecular flexibility index (Phi) is 2.64. The first-order valence-electron chi connectivity index (χ1n) is 4.38. The smallest absolute Gasteiger partial charge is 0.295 e. The van der Waals surface area contributed by atoms with Crippen molar-refractivity contribution >= 4 is 38.7 Å². The van der Waals surface area contributed by atoms with Crippen LogP contribution in [-0.4, -0.2) is 11.5 Å². The summed E-state index contributed by atoms with van der Waals surface area (Å²) in [6, 6.07) is 5.83. The van der Waals surface area contributed by atoms with Gasteiger partial charge in [-0.05, 0) is 12.1 Å². The number of nitrogens with zero attached hydrogens (tertiary/aromatic N) is 1. The first kappa shape index (κ1) is 10.0. The third kappa shape index (κ3) is 2.30. The Morgan fingerprint density at radius 3 is 3.13 bits per heavy atom. The van der Waals surface area contributed by atoms with E-state index in [1.54, 1.807) is 12.1 Å². The molecule has 2 rings (SSSR count). The van der Waals surface area contributed by atoms with E-state index in [9.17, 15) is 0 Å². The van der Waals surface area contributed by atoms with E-state index in [0.29, 0.717) is 23.8 Å². The highest BCUT2D eigenvalue weighted by atomic mass is 79.9. The predicted octanol–water partition coefficient (Wildman–Crippen LogP) is 2.73. The number of benzene rings is 1. The highest BCUT2D eigenvalue weighted by Gasteiger charge is 2.04. The number of nitrogens with one attached hydrogen (secondary N) is 1. The van der Waals surface area contributed by atoms with Gasteiger partial charge < -0.3 is 15.5 Å². The number of halogens is 1. The summed E-state index contributed by atoms with van der Waals surface area (Å²) in [6.45, 7) is 4.27. The van der Waals surface area contributed by atoms with E-state index in [0.717, 1.165) is 10.00 Å². The van der Waals surface area contributed by atoms with Gasteiger partial charge in [0, 0.05) is 16.2 Å². The molecule has 0 saturated carbocycles. The first-order chi connectivity index (χ1) is 7.15. The van der Waals surface area contributed by atoms with E-state index in [1.807, 2.05) is 6.07 Å². The van der Waals surface area contributed by atoms with Gasteiger partial charge in [0.15, 0.2) is 5.58 Å². The van der Waals surface area contributed by atoms with Crippen molar-refractivity contribution in [1.82, 2.24) is 4.98 Å². The fraction of sp³-hybridized carbons (Fsp3) is 0.100. The van der Waals surface area contributed by atoms with Crippen molar-refractivity contribution in [2.45, 2.75) is 0 Å². The van der Waals surface area contributed by atoms with Crippen LogP contribution in [0.3, 0.4) is 0 Å². The van der Waals surface area contributed by atoms with Gasteiger partial charge in [0.1, 0.15) is 5.52 Å². The van der Waals surface area contributed by atoms with Crippen LogP contribution in [0.25, 0.3) is 11.1 Å². The summed E-state index contributed by atoms with van der Waals surface area (Å²) in [5, 5.41) is 2.99. The molecule has 2 aromatic rings. The highest BCUT2D eigenvalue weighted by Crippen LogP contribution is 2.21. The van der Waals surface area contributed by atoms with Crippen molar-refractivity contribution in [3.63, 3.8) is 0 Å². The lowest BCUT2D eigenvalue weighted by atomic mass is 10.3. The van der Waals surface area contributed by atoms with Gasteiger partial charge in [-0.2, -0.15) is 4.98 Å². The lowest BCUT2D eigenvalue weighted by molar-refractivity contribution is 0.618. The van der Waals surface area contributed by atoms with Gasteiger partial charge in [-0.15, -0.1) is 0 Å². The summed E-state index contributed by atoms with van der Waals surface area (Å²) >= 11 is 3.24. The number of aromatic nitrogens is 1. The van der Waals surface area contributed by atoms with Crippen LogP contribution < -0.4 is 11.1 Å². The van der Waals surface area contributed by atoms with Crippen LogP contribution in [0.5, 0.6) is 0 Å². The number of anilines is 2. The number of rotatable bonds is 3. The molecule has 1 heterocycles. The molecule has 5 heteroatoms. The second-order valence-corrected chi connectivity index (χ2v) is 4.24. The van der Waals surface area contributed by atoms with Crippen LogP contribution >= 0.6 is 15.9 Å². The van der Waals surface area contributed by atoms with Crippen LogP contribution in [0.15, 0.2) is 33.7 Å². The molecule has 0 amide bonds. The zero-order chi connectivity index (χ0) is 10.8. The summed E-state index contributed by atoms with van der Waals surface area (Å²) in [7, 11) is 0. The van der Waals surface area contributed by atoms with E-state index >= 15 is 0 Å². The maximum atomic E-state index is 5.63. The number of nitrogen functional groups attached to an aromatic ring is 1. The van der Waals surface area contributed by atoms with Crippen molar-refractivity contribution in [2.75, 3.05) is 17.6 Å². The maximum Gasteiger partial charge on any atom is 0.295 e. The quantitative estimate of drug-likeness (QED) is 0.840. The zero-order valence-electron chi connectivity index (χ0n) is 7.96. The molecule has 0 unspecified atom stereocenters. The van der Waals surface area contributed by atoms with E-state index < -0.39 is 0 Å². The summed E-state index contributed by atoms with van der Waals surface area (Å²) < 4.78 is 6.27. The van der Waals surface area contributed by atoms with Crippen LogP contribution in [0.2, 0.25) is 0 Å². The Hall–Kier alpha value is -1.49. The lowest BCUT2D eigenvalue weighted by Crippen LogP contribution is -1.99. The average Bonchev–Trinajstić information content (AvgIpc) is 2.56. The minimum absolute atomic E-state index is 0.469. The second kappa shape index (κ2) is 3.94. The normalized spacial score (nSPS) is 10.5. The molecule has 0 fully saturated rings. The number of hydrogen-bond donors (Lipinski definition) is 2. The highest BCUT2D eigenvalue weighted by molar-refractivity contribution is 9.11. The number of fused-ring (bicyclic) bond motifs is 1. The standard InChI is InChI=1S/C10H10BrN3O/c1-6(11)5-13-10-14-8-3-2-7(12)4-9(8)15-10/h2-4H,1,5,12H2,(H,13,14). The first-order valence-corrected chi connectivity index (χ1v) is 5.17. The predicted molar refractivity (Wildman–Crippen MR) is 65.0 cm³/mol. The van der Waals surface area contributed by atoms with Gasteiger partial charge in [-0.1, -0.05) is 22.5 Å². The minimum atomic E-state index is 0.469. The van der Waals surface area contributed by atoms with Gasteiger partial charge in [0.05, 0.1) is 6.54 Å². The van der Waals surface area contributed by atoms with Gasteiger partial charge >= 0.3 is 0 Å². The van der Waals surface area contributed by atoms with Crippen LogP contribution in [0.4, 0.5) is 11.7 Å². The third-order valence-corrected chi connectivity index (χ3v) is 2.12. The number of oxazole rings is 1. The molecular formula is C10H10BrN3O. The molecular weight excluding hydrogens is 258 g/mol. The summed E-state index contributed by atoms with van der Waals surface area (Å²) in [4.78, 5) is 4.23. The largest absolute Gasteiger partial charge is 0.423 e. The Labute approximate surface area is 95.3 Å². The SMILES string of the molecule is C=C(Br)CNc1nc2ccc(N)cc2o1. The van der Waals surface area contributed by atoms with Crippen molar-refractivity contribution in [3.05, 3.63) is 29.3 Å². The third-order valence-electron chi connectivity index (χ3n) is 1.84. The summed E-state index contributed by atoms with van der Waals surface area (Å²) in [6.07, 6.45) is 0. The van der Waals surface area contributed by atoms with E-state index in [2.05, 4.69) is 32.8 Å². The van der Waals surface area contributed by atoms with E-state index in [4.69, 9.17) is 10.2 Å². The molecule has 0 aliphatic carbocycles. The van der Waals surface area contributed by atoms with E-state index in [-0.39, 0.29) is 0 Å². The van der Waals surface area contributed by atoms with Crippen molar-refractivity contribution in [1.29, 1.82) is 0 Å². The van der Waals surface area contributed by atoms with Crippen LogP contribution in [0.1, 0.15) is 0 Å². The number of hydrogen-bond acceptors (Lipinski definition) is 4. The van der Waals surface area contributed by atoms with Crippen LogP contribution in [-0.2, 0) is 0 Å². The Bertz CT molecular complexity index is 506. The molecule has 4 nitrogen and oxygen atoms in total. The molecule has 0 spiro atoms. The molecule has 0 aliphatic rings. The van der Waals surface area contributed by atoms with E-state index in [1.165, 1.54) is 0 Å². The zero-order valence-corrected chi connectivity index (χ0v) is 9.54. The van der Waals surface area contributed by atoms with Crippen LogP contribution in [0, 0.1) is 0 Å². The number of nitrogens with two attached hydrogens (primary N) is 1. The molecule has 78 valence electrons. The fourth-order valence-electron chi connectivity index (χ4n) is 1.19. The molecule has 0 radical (unpaired) electrons. The van der Waals surface area contributed by atoms with Gasteiger partial charge in [-0.3, -0.25) is 0 Å². The van der Waals surface area contributed by atoms with Crippen molar-refractivity contribution in [3.8, 4) is 0 Å². The Morgan fingerprint density at radius 1 is 1.60 bits per heavy atom. The Balaban J connectivity index is 2.27. The summed E-state index contributed by atoms with van der Waals surface area (Å²) in [5.74, 6) is 0. The monoisotopic (exact) mass is 267 g/mol. The van der Waals surface area contributed by atoms with Crippen molar-refractivity contribution < 1.29 is 4.42 Å². The lowest BCUT2D eigenvalue weighted by Gasteiger charge is -1.96. The molecule has 1 aromatic heterocycles. The molecule has 3 N–H and O–H groups in total. The maximum absolute atomic E-state index is 5.63. The van der Waals surface area contributed by atoms with Gasteiger partial charge in [-0.25, -0.2) is 0 Å². The van der Waals surface area contributed by atoms with Gasteiger partial charge in [0.25, 0.3) is 6.01 Å². The second-order valence-electron chi connectivity index (χ2n) is 3.12. The Morgan fingerprint density at radius 2 is 2.40 bits per heavy atom. The molecule has 0 saturated heterocycles. The topological polar surface area (TPSA) is 64.1 Å². The molecule has 0 bridgehead atoms. The fourth-order valence-corrected chi connectivity index (χ4v) is 1.33. The minimum Gasteiger partial charge on any atom is -0.423 e. The van der Waals surface area contributed by atoms with Crippen molar-refractivity contribution in [2.24, 2.45) is 0 Å². The summed E-state index contributed by atoms with van der Waals surface area (Å²) in [5.41, 5.74) is 7.75. The molecule has 0 atom stereocenters. The average molecular weight is 268 g/mol. The molecule has 0 aliphatic heterocycles. The molecule has 15 heavy (non-hydrogen) atoms. The van der Waals surface area contributed by atoms with Gasteiger partial charge in [0.2, 0.25) is 0 Å². The molecule has 1 aromatic carbocycles.